The van der Waals surface area contributed by atoms with Gasteiger partial charge in [-0.05, 0) is 61.2 Å². The average molecular weight is 462 g/mol. The fraction of sp³-hybridized carbons (Fsp3) is 0.280. The van der Waals surface area contributed by atoms with Gasteiger partial charge in [-0.2, -0.15) is 0 Å². The van der Waals surface area contributed by atoms with Crippen LogP contribution in [0.25, 0.3) is 11.3 Å². The molecule has 33 heavy (non-hydrogen) atoms. The highest BCUT2D eigenvalue weighted by molar-refractivity contribution is 6.31. The van der Waals surface area contributed by atoms with Crippen molar-refractivity contribution >= 4 is 40.7 Å². The second-order valence-corrected chi connectivity index (χ2v) is 9.10. The topological polar surface area (TPSA) is 87.2 Å². The van der Waals surface area contributed by atoms with Gasteiger partial charge in [0.05, 0.1) is 17.8 Å². The van der Waals surface area contributed by atoms with Crippen molar-refractivity contribution in [3.05, 3.63) is 64.8 Å². The highest BCUT2D eigenvalue weighted by atomic mass is 35.5. The van der Waals surface area contributed by atoms with Gasteiger partial charge in [0.15, 0.2) is 0 Å². The van der Waals surface area contributed by atoms with Crippen LogP contribution in [0.15, 0.2) is 48.7 Å². The third-order valence-electron chi connectivity index (χ3n) is 6.19. The molecule has 2 aromatic carbocycles. The number of likely N-dealkylation sites (tertiary alicyclic amines) is 1. The molecule has 1 saturated heterocycles. The van der Waals surface area contributed by atoms with E-state index in [1.54, 1.807) is 18.3 Å². The Morgan fingerprint density at radius 2 is 1.91 bits per heavy atom. The molecule has 2 N–H and O–H groups in total. The van der Waals surface area contributed by atoms with Gasteiger partial charge in [-0.3, -0.25) is 9.59 Å². The first-order valence-corrected chi connectivity index (χ1v) is 11.5. The molecule has 8 heteroatoms. The Kier molecular flexibility index (Phi) is 5.72. The number of hydrogen-bond acceptors (Lipinski definition) is 5. The summed E-state index contributed by atoms with van der Waals surface area (Å²) in [5.41, 5.74) is 4.30. The van der Waals surface area contributed by atoms with Crippen molar-refractivity contribution in [1.82, 2.24) is 14.9 Å². The molecule has 2 aliphatic rings. The molecule has 0 spiro atoms. The second kappa shape index (κ2) is 8.83. The number of fused-ring (bicyclic) bond motifs is 3. The molecule has 0 bridgehead atoms. The Bertz CT molecular complexity index is 1220. The van der Waals surface area contributed by atoms with Crippen LogP contribution in [-0.2, 0) is 11.2 Å². The highest BCUT2D eigenvalue weighted by Crippen LogP contribution is 2.35. The summed E-state index contributed by atoms with van der Waals surface area (Å²) in [6, 6.07) is 12.7. The first-order valence-electron chi connectivity index (χ1n) is 11.1. The number of nitrogens with one attached hydrogen (secondary N) is 2. The van der Waals surface area contributed by atoms with Crippen molar-refractivity contribution in [3.63, 3.8) is 0 Å². The molecule has 3 heterocycles. The molecule has 168 valence electrons. The van der Waals surface area contributed by atoms with Crippen LogP contribution in [0.3, 0.4) is 0 Å². The molecule has 7 nitrogen and oxygen atoms in total. The van der Waals surface area contributed by atoms with E-state index in [9.17, 15) is 9.59 Å². The van der Waals surface area contributed by atoms with Crippen LogP contribution in [0.2, 0.25) is 5.02 Å². The Hall–Kier alpha value is -3.45. The maximum absolute atomic E-state index is 12.8. The third kappa shape index (κ3) is 4.54. The summed E-state index contributed by atoms with van der Waals surface area (Å²) in [7, 11) is 0. The van der Waals surface area contributed by atoms with Crippen molar-refractivity contribution in [2.75, 3.05) is 23.7 Å². The van der Waals surface area contributed by atoms with E-state index in [2.05, 4.69) is 27.5 Å². The molecular weight excluding hydrogens is 438 g/mol. The summed E-state index contributed by atoms with van der Waals surface area (Å²) < 4.78 is 0. The SMILES string of the molecule is CC1CCN(C(=O)c2ccc(Nc3ncc4c(n3)-c3ccc(Cl)cc3NC(=O)C4)cc2)CC1. The summed E-state index contributed by atoms with van der Waals surface area (Å²) in [6.07, 6.45) is 3.96. The molecular formula is C25H24ClN5O2. The van der Waals surface area contributed by atoms with Crippen molar-refractivity contribution in [1.29, 1.82) is 0 Å². The number of halogens is 1. The smallest absolute Gasteiger partial charge is 0.253 e. The maximum atomic E-state index is 12.8. The lowest BCUT2D eigenvalue weighted by atomic mass is 9.98. The minimum absolute atomic E-state index is 0.0714. The number of amides is 2. The molecule has 2 aliphatic heterocycles. The van der Waals surface area contributed by atoms with Crippen LogP contribution >= 0.6 is 11.6 Å². The van der Waals surface area contributed by atoms with Crippen LogP contribution in [0.1, 0.15) is 35.7 Å². The molecule has 0 unspecified atom stereocenters. The van der Waals surface area contributed by atoms with E-state index in [-0.39, 0.29) is 18.2 Å². The zero-order chi connectivity index (χ0) is 22.9. The first-order chi connectivity index (χ1) is 16.0. The van der Waals surface area contributed by atoms with E-state index in [0.29, 0.717) is 33.8 Å². The van der Waals surface area contributed by atoms with Crippen LogP contribution in [0.5, 0.6) is 0 Å². The molecule has 1 aromatic heterocycles. The van der Waals surface area contributed by atoms with Crippen molar-refractivity contribution in [2.24, 2.45) is 5.92 Å². The quantitative estimate of drug-likeness (QED) is 0.578. The van der Waals surface area contributed by atoms with E-state index in [1.807, 2.05) is 35.2 Å². The molecule has 0 atom stereocenters. The van der Waals surface area contributed by atoms with E-state index in [4.69, 9.17) is 11.6 Å². The average Bonchev–Trinajstić information content (AvgIpc) is 2.94. The van der Waals surface area contributed by atoms with E-state index < -0.39 is 0 Å². The minimum Gasteiger partial charge on any atom is -0.339 e. The molecule has 1 fully saturated rings. The fourth-order valence-corrected chi connectivity index (χ4v) is 4.41. The number of aromatic nitrogens is 2. The minimum atomic E-state index is -0.134. The summed E-state index contributed by atoms with van der Waals surface area (Å²) in [5.74, 6) is 1.03. The lowest BCUT2D eigenvalue weighted by Gasteiger charge is -2.30. The predicted octanol–water partition coefficient (Wildman–Crippen LogP) is 4.91. The highest BCUT2D eigenvalue weighted by Gasteiger charge is 2.22. The lowest BCUT2D eigenvalue weighted by Crippen LogP contribution is -2.37. The number of hydrogen-bond donors (Lipinski definition) is 2. The fourth-order valence-electron chi connectivity index (χ4n) is 4.24. The normalized spacial score (nSPS) is 15.8. The van der Waals surface area contributed by atoms with Crippen molar-refractivity contribution in [3.8, 4) is 11.3 Å². The number of benzene rings is 2. The zero-order valence-electron chi connectivity index (χ0n) is 18.3. The predicted molar refractivity (Wildman–Crippen MR) is 129 cm³/mol. The van der Waals surface area contributed by atoms with Gasteiger partial charge in [0.1, 0.15) is 0 Å². The van der Waals surface area contributed by atoms with Crippen molar-refractivity contribution in [2.45, 2.75) is 26.2 Å². The Morgan fingerprint density at radius 3 is 2.67 bits per heavy atom. The van der Waals surface area contributed by atoms with Gasteiger partial charge in [0, 0.05) is 46.7 Å². The van der Waals surface area contributed by atoms with Crippen molar-refractivity contribution < 1.29 is 9.59 Å². The summed E-state index contributed by atoms with van der Waals surface area (Å²) >= 11 is 6.11. The molecule has 0 aliphatic carbocycles. The van der Waals surface area contributed by atoms with Gasteiger partial charge in [0.25, 0.3) is 5.91 Å². The Labute approximate surface area is 197 Å². The number of nitrogens with zero attached hydrogens (tertiary/aromatic N) is 3. The second-order valence-electron chi connectivity index (χ2n) is 8.66. The van der Waals surface area contributed by atoms with Gasteiger partial charge in [-0.25, -0.2) is 9.97 Å². The van der Waals surface area contributed by atoms with Crippen LogP contribution in [0, 0.1) is 5.92 Å². The molecule has 5 rings (SSSR count). The Balaban J connectivity index is 1.36. The van der Waals surface area contributed by atoms with Gasteiger partial charge in [0.2, 0.25) is 11.9 Å². The number of rotatable bonds is 3. The number of carbonyl (C=O) groups excluding carboxylic acids is 2. The monoisotopic (exact) mass is 461 g/mol. The molecule has 3 aromatic rings. The summed E-state index contributed by atoms with van der Waals surface area (Å²) in [5, 5.41) is 6.62. The Morgan fingerprint density at radius 1 is 1.15 bits per heavy atom. The lowest BCUT2D eigenvalue weighted by molar-refractivity contribution is -0.115. The molecule has 0 saturated carbocycles. The van der Waals surface area contributed by atoms with E-state index in [1.165, 1.54) is 0 Å². The van der Waals surface area contributed by atoms with Gasteiger partial charge in [-0.1, -0.05) is 18.5 Å². The van der Waals surface area contributed by atoms with E-state index in [0.717, 1.165) is 42.7 Å². The van der Waals surface area contributed by atoms with Crippen LogP contribution in [0.4, 0.5) is 17.3 Å². The number of anilines is 3. The van der Waals surface area contributed by atoms with Gasteiger partial charge in [-0.15, -0.1) is 0 Å². The number of piperidine rings is 1. The largest absolute Gasteiger partial charge is 0.339 e. The molecule has 2 amide bonds. The van der Waals surface area contributed by atoms with E-state index >= 15 is 0 Å². The first kappa shape index (κ1) is 21.4. The zero-order valence-corrected chi connectivity index (χ0v) is 19.0. The number of carbonyl (C=O) groups is 2. The van der Waals surface area contributed by atoms with Crippen LogP contribution in [-0.4, -0.2) is 39.8 Å². The summed E-state index contributed by atoms with van der Waals surface area (Å²) in [6.45, 7) is 3.86. The summed E-state index contributed by atoms with van der Waals surface area (Å²) in [4.78, 5) is 36.0. The maximum Gasteiger partial charge on any atom is 0.253 e. The third-order valence-corrected chi connectivity index (χ3v) is 6.42. The van der Waals surface area contributed by atoms with Gasteiger partial charge < -0.3 is 15.5 Å². The molecule has 0 radical (unpaired) electrons. The van der Waals surface area contributed by atoms with Gasteiger partial charge >= 0.3 is 0 Å². The standard InChI is InChI=1S/C25H24ClN5O2/c1-15-8-10-31(11-9-15)24(33)16-2-5-19(6-3-16)28-25-27-14-17-12-22(32)29-21-13-18(26)4-7-20(21)23(17)30-25/h2-7,13-15H,8-12H2,1H3,(H,29,32)(H,27,28,30). The van der Waals surface area contributed by atoms with Crippen LogP contribution < -0.4 is 10.6 Å².